The Kier molecular flexibility index (Phi) is 5.53. The number of hydrogen-bond acceptors (Lipinski definition) is 4. The highest BCUT2D eigenvalue weighted by Crippen LogP contribution is 2.20. The van der Waals surface area contributed by atoms with Gasteiger partial charge in [-0.3, -0.25) is 0 Å². The number of hydrogen-bond donors (Lipinski definition) is 0. The van der Waals surface area contributed by atoms with Gasteiger partial charge >= 0.3 is 0 Å². The zero-order valence-electron chi connectivity index (χ0n) is 9.81. The van der Waals surface area contributed by atoms with Gasteiger partial charge in [0, 0.05) is 18.8 Å². The van der Waals surface area contributed by atoms with Gasteiger partial charge in [0.15, 0.2) is 9.84 Å². The van der Waals surface area contributed by atoms with Crippen molar-refractivity contribution in [3.05, 3.63) is 0 Å². The Morgan fingerprint density at radius 1 is 1.56 bits per heavy atom. The van der Waals surface area contributed by atoms with Crippen LogP contribution in [-0.2, 0) is 9.84 Å². The fourth-order valence-corrected chi connectivity index (χ4v) is 4.77. The average molecular weight is 281 g/mol. The molecule has 0 aliphatic carbocycles. The molecule has 0 aromatic heterocycles. The van der Waals surface area contributed by atoms with Crippen LogP contribution in [0.3, 0.4) is 0 Å². The normalized spacial score (nSPS) is 23.2. The van der Waals surface area contributed by atoms with Crippen LogP contribution in [-0.4, -0.2) is 48.0 Å². The fourth-order valence-electron chi connectivity index (χ4n) is 1.64. The molecular weight excluding hydrogens is 262 g/mol. The Morgan fingerprint density at radius 2 is 2.25 bits per heavy atom. The summed E-state index contributed by atoms with van der Waals surface area (Å²) < 4.78 is 23.5. The smallest absolute Gasteiger partial charge is 0.152 e. The summed E-state index contributed by atoms with van der Waals surface area (Å²) in [5.41, 5.74) is 0. The molecule has 0 bridgehead atoms. The van der Waals surface area contributed by atoms with Crippen LogP contribution in [0.5, 0.6) is 0 Å². The van der Waals surface area contributed by atoms with Crippen molar-refractivity contribution in [2.24, 2.45) is 0 Å². The number of rotatable bonds is 4. The second-order valence-electron chi connectivity index (χ2n) is 4.14. The summed E-state index contributed by atoms with van der Waals surface area (Å²) in [6.07, 6.45) is 3.03. The predicted molar refractivity (Wildman–Crippen MR) is 74.8 cm³/mol. The number of thioether (sulfide) groups is 1. The molecule has 94 valence electrons. The van der Waals surface area contributed by atoms with E-state index in [4.69, 9.17) is 12.2 Å². The van der Waals surface area contributed by atoms with Crippen molar-refractivity contribution in [1.29, 1.82) is 0 Å². The third-order valence-corrected chi connectivity index (χ3v) is 6.19. The molecule has 0 amide bonds. The van der Waals surface area contributed by atoms with Crippen molar-refractivity contribution in [2.45, 2.75) is 32.2 Å². The van der Waals surface area contributed by atoms with E-state index in [1.807, 2.05) is 11.9 Å². The maximum atomic E-state index is 11.4. The van der Waals surface area contributed by atoms with Gasteiger partial charge in [-0.05, 0) is 12.8 Å². The van der Waals surface area contributed by atoms with Crippen LogP contribution < -0.4 is 0 Å². The van der Waals surface area contributed by atoms with E-state index >= 15 is 0 Å². The Morgan fingerprint density at radius 3 is 2.75 bits per heavy atom. The molecule has 0 spiro atoms. The summed E-state index contributed by atoms with van der Waals surface area (Å²) in [5, 5.41) is 0. The lowest BCUT2D eigenvalue weighted by molar-refractivity contribution is 0.409. The van der Waals surface area contributed by atoms with E-state index in [0.717, 1.165) is 22.9 Å². The van der Waals surface area contributed by atoms with Crippen LogP contribution in [0.1, 0.15) is 26.2 Å². The lowest BCUT2D eigenvalue weighted by atomic mass is 10.2. The Balaban J connectivity index is 2.40. The van der Waals surface area contributed by atoms with E-state index in [0.29, 0.717) is 12.2 Å². The van der Waals surface area contributed by atoms with Gasteiger partial charge < -0.3 is 4.90 Å². The largest absolute Gasteiger partial charge is 0.357 e. The van der Waals surface area contributed by atoms with Gasteiger partial charge in [-0.15, -0.1) is 0 Å². The molecule has 1 aliphatic rings. The molecule has 0 radical (unpaired) electrons. The van der Waals surface area contributed by atoms with Crippen LogP contribution in [0.4, 0.5) is 0 Å². The standard InChI is InChI=1S/C10H19NO2S3/c1-3-4-6-15-10(14)11(2)9-5-7-16(12,13)8-9/h9H,3-8H2,1-2H3/t9-/m1/s1. The van der Waals surface area contributed by atoms with Crippen molar-refractivity contribution in [3.63, 3.8) is 0 Å². The SMILES string of the molecule is CCCCSC(=S)N(C)[C@@H]1CCS(=O)(=O)C1. The maximum absolute atomic E-state index is 11.4. The first-order valence-corrected chi connectivity index (χ1v) is 8.78. The van der Waals surface area contributed by atoms with Gasteiger partial charge in [-0.25, -0.2) is 8.42 Å². The second kappa shape index (κ2) is 6.21. The van der Waals surface area contributed by atoms with Crippen LogP contribution >= 0.6 is 24.0 Å². The van der Waals surface area contributed by atoms with E-state index in [1.54, 1.807) is 11.8 Å². The molecule has 1 atom stereocenters. The molecule has 1 aliphatic heterocycles. The molecule has 16 heavy (non-hydrogen) atoms. The average Bonchev–Trinajstić information content (AvgIpc) is 2.58. The number of nitrogens with zero attached hydrogens (tertiary/aromatic N) is 1. The first-order valence-electron chi connectivity index (χ1n) is 5.56. The molecule has 3 nitrogen and oxygen atoms in total. The van der Waals surface area contributed by atoms with E-state index < -0.39 is 9.84 Å². The Hall–Kier alpha value is 0.190. The monoisotopic (exact) mass is 281 g/mol. The van der Waals surface area contributed by atoms with Crippen molar-refractivity contribution in [2.75, 3.05) is 24.3 Å². The third-order valence-electron chi connectivity index (χ3n) is 2.77. The third kappa shape index (κ3) is 4.22. The van der Waals surface area contributed by atoms with Crippen molar-refractivity contribution < 1.29 is 8.42 Å². The minimum Gasteiger partial charge on any atom is -0.357 e. The minimum atomic E-state index is -2.81. The molecule has 1 rings (SSSR count). The quantitative estimate of drug-likeness (QED) is 0.581. The van der Waals surface area contributed by atoms with Gasteiger partial charge in [0.2, 0.25) is 0 Å². The second-order valence-corrected chi connectivity index (χ2v) is 8.09. The summed E-state index contributed by atoms with van der Waals surface area (Å²) >= 11 is 6.95. The molecule has 0 aromatic carbocycles. The molecule has 1 heterocycles. The topological polar surface area (TPSA) is 37.4 Å². The Bertz CT molecular complexity index is 340. The van der Waals surface area contributed by atoms with Crippen LogP contribution in [0.2, 0.25) is 0 Å². The molecule has 0 aromatic rings. The predicted octanol–water partition coefficient (Wildman–Crippen LogP) is 1.92. The van der Waals surface area contributed by atoms with Gasteiger partial charge in [0.05, 0.1) is 11.5 Å². The molecular formula is C10H19NO2S3. The van der Waals surface area contributed by atoms with E-state index in [-0.39, 0.29) is 11.8 Å². The highest BCUT2D eigenvalue weighted by molar-refractivity contribution is 8.22. The summed E-state index contributed by atoms with van der Waals surface area (Å²) in [6, 6.07) is 0.0895. The van der Waals surface area contributed by atoms with Crippen molar-refractivity contribution >= 4 is 38.1 Å². The lowest BCUT2D eigenvalue weighted by Gasteiger charge is -2.25. The summed E-state index contributed by atoms with van der Waals surface area (Å²) in [5.74, 6) is 1.60. The van der Waals surface area contributed by atoms with Gasteiger partial charge in [0.25, 0.3) is 0 Å². The van der Waals surface area contributed by atoms with Crippen LogP contribution in [0, 0.1) is 0 Å². The highest BCUT2D eigenvalue weighted by Gasteiger charge is 2.31. The zero-order valence-corrected chi connectivity index (χ0v) is 12.3. The number of thiocarbonyl (C=S) groups is 1. The van der Waals surface area contributed by atoms with E-state index in [2.05, 4.69) is 6.92 Å². The minimum absolute atomic E-state index is 0.0895. The molecule has 0 N–H and O–H groups in total. The fraction of sp³-hybridized carbons (Fsp3) is 0.900. The summed E-state index contributed by atoms with van der Waals surface area (Å²) in [7, 11) is -0.900. The number of sulfone groups is 1. The van der Waals surface area contributed by atoms with Gasteiger partial charge in [0.1, 0.15) is 4.32 Å². The van der Waals surface area contributed by atoms with Gasteiger partial charge in [-0.2, -0.15) is 0 Å². The lowest BCUT2D eigenvalue weighted by Crippen LogP contribution is -2.35. The molecule has 1 saturated heterocycles. The van der Waals surface area contributed by atoms with Crippen LogP contribution in [0.25, 0.3) is 0 Å². The molecule has 0 unspecified atom stereocenters. The Labute approximate surface area is 108 Å². The van der Waals surface area contributed by atoms with E-state index in [9.17, 15) is 8.42 Å². The van der Waals surface area contributed by atoms with Gasteiger partial charge in [-0.1, -0.05) is 37.3 Å². The van der Waals surface area contributed by atoms with Crippen molar-refractivity contribution in [3.8, 4) is 0 Å². The van der Waals surface area contributed by atoms with E-state index in [1.165, 1.54) is 0 Å². The molecule has 0 saturated carbocycles. The first kappa shape index (κ1) is 14.3. The number of unbranched alkanes of at least 4 members (excludes halogenated alkanes) is 1. The summed E-state index contributed by atoms with van der Waals surface area (Å²) in [4.78, 5) is 1.96. The van der Waals surface area contributed by atoms with Crippen LogP contribution in [0.15, 0.2) is 0 Å². The molecule has 6 heteroatoms. The highest BCUT2D eigenvalue weighted by atomic mass is 32.2. The maximum Gasteiger partial charge on any atom is 0.152 e. The molecule has 1 fully saturated rings. The van der Waals surface area contributed by atoms with Crippen molar-refractivity contribution in [1.82, 2.24) is 4.90 Å². The summed E-state index contributed by atoms with van der Waals surface area (Å²) in [6.45, 7) is 2.15. The zero-order chi connectivity index (χ0) is 12.2. The first-order chi connectivity index (χ1) is 7.46.